The smallest absolute Gasteiger partial charge is 0.147 e. The van der Waals surface area contributed by atoms with E-state index >= 15 is 0 Å². The molecule has 0 heterocycles. The minimum atomic E-state index is -0.172. The second-order valence-electron chi connectivity index (χ2n) is 5.11. The van der Waals surface area contributed by atoms with E-state index in [1.807, 2.05) is 30.0 Å². The van der Waals surface area contributed by atoms with E-state index in [0.29, 0.717) is 12.2 Å². The molecule has 0 spiro atoms. The van der Waals surface area contributed by atoms with Crippen LogP contribution in [-0.2, 0) is 6.54 Å². The molecule has 0 aliphatic carbocycles. The largest absolute Gasteiger partial charge is 0.339 e. The highest BCUT2D eigenvalue weighted by Crippen LogP contribution is 2.31. The van der Waals surface area contributed by atoms with Crippen LogP contribution in [0.3, 0.4) is 0 Å². The number of hydrogen-bond acceptors (Lipinski definition) is 2. The molecule has 2 aromatic carbocycles. The molecule has 0 radical (unpaired) electrons. The molecule has 0 aliphatic rings. The van der Waals surface area contributed by atoms with Crippen molar-refractivity contribution >= 4 is 11.4 Å². The summed E-state index contributed by atoms with van der Waals surface area (Å²) in [4.78, 5) is 2.04. The maximum atomic E-state index is 14.4. The normalized spacial score (nSPS) is 10.7. The molecular weight excluding hydrogens is 263 g/mol. The molecule has 0 bridgehead atoms. The fraction of sp³-hybridized carbons (Fsp3) is 0.333. The monoisotopic (exact) mass is 286 g/mol. The molecule has 1 N–H and O–H groups in total. The first kappa shape index (κ1) is 15.5. The molecular formula is C18H23FN2. The van der Waals surface area contributed by atoms with Gasteiger partial charge in [0.25, 0.3) is 0 Å². The molecule has 0 fully saturated rings. The minimum Gasteiger partial charge on any atom is -0.339 e. The first-order valence-electron chi connectivity index (χ1n) is 7.49. The fourth-order valence-electron chi connectivity index (χ4n) is 2.53. The van der Waals surface area contributed by atoms with Crippen LogP contribution in [0, 0.1) is 12.7 Å². The average Bonchev–Trinajstić information content (AvgIpc) is 2.48. The number of nitrogens with zero attached hydrogens (tertiary/aromatic N) is 1. The highest BCUT2D eigenvalue weighted by Gasteiger charge is 2.16. The predicted octanol–water partition coefficient (Wildman–Crippen LogP) is 4.40. The van der Waals surface area contributed by atoms with E-state index in [0.717, 1.165) is 24.3 Å². The SMILES string of the molecule is CCNCc1cccc(F)c1N(CC)c1cccc(C)c1. The van der Waals surface area contributed by atoms with Gasteiger partial charge in [0.05, 0.1) is 5.69 Å². The summed E-state index contributed by atoms with van der Waals surface area (Å²) in [5, 5.41) is 3.28. The highest BCUT2D eigenvalue weighted by molar-refractivity contribution is 5.67. The molecule has 112 valence electrons. The second kappa shape index (κ2) is 7.23. The Balaban J connectivity index is 2.46. The van der Waals surface area contributed by atoms with E-state index in [4.69, 9.17) is 0 Å². The van der Waals surface area contributed by atoms with Gasteiger partial charge in [0.15, 0.2) is 0 Å². The topological polar surface area (TPSA) is 15.3 Å². The van der Waals surface area contributed by atoms with Crippen molar-refractivity contribution in [2.24, 2.45) is 0 Å². The van der Waals surface area contributed by atoms with Crippen molar-refractivity contribution in [3.63, 3.8) is 0 Å². The van der Waals surface area contributed by atoms with Gasteiger partial charge in [-0.15, -0.1) is 0 Å². The third-order valence-electron chi connectivity index (χ3n) is 3.54. The maximum Gasteiger partial charge on any atom is 0.147 e. The Labute approximate surface area is 126 Å². The molecule has 0 aliphatic heterocycles. The summed E-state index contributed by atoms with van der Waals surface area (Å²) in [6, 6.07) is 13.5. The van der Waals surface area contributed by atoms with Crippen LogP contribution >= 0.6 is 0 Å². The lowest BCUT2D eigenvalue weighted by atomic mass is 10.1. The average molecular weight is 286 g/mol. The van der Waals surface area contributed by atoms with Crippen LogP contribution in [0.5, 0.6) is 0 Å². The summed E-state index contributed by atoms with van der Waals surface area (Å²) >= 11 is 0. The third kappa shape index (κ3) is 3.61. The van der Waals surface area contributed by atoms with Crippen molar-refractivity contribution in [1.82, 2.24) is 5.32 Å². The van der Waals surface area contributed by atoms with Gasteiger partial charge in [-0.1, -0.05) is 31.2 Å². The van der Waals surface area contributed by atoms with Gasteiger partial charge in [-0.25, -0.2) is 4.39 Å². The van der Waals surface area contributed by atoms with Crippen molar-refractivity contribution in [1.29, 1.82) is 0 Å². The third-order valence-corrected chi connectivity index (χ3v) is 3.54. The predicted molar refractivity (Wildman–Crippen MR) is 87.6 cm³/mol. The Morgan fingerprint density at radius 2 is 1.86 bits per heavy atom. The molecule has 0 atom stereocenters. The van der Waals surface area contributed by atoms with Gasteiger partial charge in [-0.3, -0.25) is 0 Å². The number of halogens is 1. The van der Waals surface area contributed by atoms with Gasteiger partial charge in [0.2, 0.25) is 0 Å². The molecule has 3 heteroatoms. The molecule has 0 unspecified atom stereocenters. The van der Waals surface area contributed by atoms with Gasteiger partial charge in [-0.2, -0.15) is 0 Å². The van der Waals surface area contributed by atoms with Crippen molar-refractivity contribution in [2.45, 2.75) is 27.3 Å². The molecule has 0 amide bonds. The Bertz CT molecular complexity index is 596. The number of benzene rings is 2. The van der Waals surface area contributed by atoms with Crippen LogP contribution in [0.15, 0.2) is 42.5 Å². The first-order valence-corrected chi connectivity index (χ1v) is 7.49. The Kier molecular flexibility index (Phi) is 5.34. The zero-order chi connectivity index (χ0) is 15.2. The summed E-state index contributed by atoms with van der Waals surface area (Å²) < 4.78 is 14.4. The molecule has 0 aromatic heterocycles. The minimum absolute atomic E-state index is 0.172. The number of para-hydroxylation sites is 1. The van der Waals surface area contributed by atoms with E-state index in [-0.39, 0.29) is 5.82 Å². The van der Waals surface area contributed by atoms with Crippen LogP contribution in [-0.4, -0.2) is 13.1 Å². The Morgan fingerprint density at radius 3 is 2.52 bits per heavy atom. The quantitative estimate of drug-likeness (QED) is 0.846. The van der Waals surface area contributed by atoms with Crippen molar-refractivity contribution < 1.29 is 4.39 Å². The van der Waals surface area contributed by atoms with E-state index in [1.54, 1.807) is 6.07 Å². The van der Waals surface area contributed by atoms with Gasteiger partial charge in [0, 0.05) is 18.8 Å². The van der Waals surface area contributed by atoms with Crippen LogP contribution in [0.25, 0.3) is 0 Å². The lowest BCUT2D eigenvalue weighted by Gasteiger charge is -2.27. The van der Waals surface area contributed by atoms with Gasteiger partial charge < -0.3 is 10.2 Å². The Morgan fingerprint density at radius 1 is 1.10 bits per heavy atom. The molecule has 0 saturated carbocycles. The molecule has 0 saturated heterocycles. The molecule has 2 aromatic rings. The molecule has 21 heavy (non-hydrogen) atoms. The molecule has 2 nitrogen and oxygen atoms in total. The van der Waals surface area contributed by atoms with Crippen LogP contribution in [0.2, 0.25) is 0 Å². The van der Waals surface area contributed by atoms with Crippen LogP contribution < -0.4 is 10.2 Å². The number of rotatable bonds is 6. The maximum absolute atomic E-state index is 14.4. The second-order valence-corrected chi connectivity index (χ2v) is 5.11. The van der Waals surface area contributed by atoms with Gasteiger partial charge in [0.1, 0.15) is 5.82 Å². The summed E-state index contributed by atoms with van der Waals surface area (Å²) in [6.07, 6.45) is 0. The Hall–Kier alpha value is -1.87. The number of hydrogen-bond donors (Lipinski definition) is 1. The highest BCUT2D eigenvalue weighted by atomic mass is 19.1. The van der Waals surface area contributed by atoms with Gasteiger partial charge in [-0.05, 0) is 49.7 Å². The summed E-state index contributed by atoms with van der Waals surface area (Å²) in [7, 11) is 0. The number of nitrogens with one attached hydrogen (secondary N) is 1. The zero-order valence-corrected chi connectivity index (χ0v) is 13.0. The van der Waals surface area contributed by atoms with E-state index in [2.05, 4.69) is 31.3 Å². The zero-order valence-electron chi connectivity index (χ0n) is 13.0. The number of aryl methyl sites for hydroxylation is 1. The molecule has 2 rings (SSSR count). The van der Waals surface area contributed by atoms with Gasteiger partial charge >= 0.3 is 0 Å². The van der Waals surface area contributed by atoms with Crippen LogP contribution in [0.4, 0.5) is 15.8 Å². The van der Waals surface area contributed by atoms with E-state index in [1.165, 1.54) is 11.6 Å². The standard InChI is InChI=1S/C18H23FN2/c1-4-20-13-15-9-7-11-17(19)18(15)21(5-2)16-10-6-8-14(3)12-16/h6-12,20H,4-5,13H2,1-3H3. The van der Waals surface area contributed by atoms with Crippen LogP contribution in [0.1, 0.15) is 25.0 Å². The fourth-order valence-corrected chi connectivity index (χ4v) is 2.53. The van der Waals surface area contributed by atoms with Crippen molar-refractivity contribution in [3.8, 4) is 0 Å². The number of anilines is 2. The first-order chi connectivity index (χ1) is 10.2. The summed E-state index contributed by atoms with van der Waals surface area (Å²) in [6.45, 7) is 8.42. The summed E-state index contributed by atoms with van der Waals surface area (Å²) in [5.74, 6) is -0.172. The lowest BCUT2D eigenvalue weighted by molar-refractivity contribution is 0.619. The van der Waals surface area contributed by atoms with Crippen molar-refractivity contribution in [3.05, 3.63) is 59.4 Å². The van der Waals surface area contributed by atoms with E-state index < -0.39 is 0 Å². The van der Waals surface area contributed by atoms with E-state index in [9.17, 15) is 4.39 Å². The van der Waals surface area contributed by atoms with Crippen molar-refractivity contribution in [2.75, 3.05) is 18.0 Å². The lowest BCUT2D eigenvalue weighted by Crippen LogP contribution is -2.21. The summed E-state index contributed by atoms with van der Waals surface area (Å²) in [5.41, 5.74) is 3.86.